The van der Waals surface area contributed by atoms with Crippen molar-refractivity contribution in [2.45, 2.75) is 57.5 Å². The molecule has 0 radical (unpaired) electrons. The molecule has 2 saturated heterocycles. The first-order valence-electron chi connectivity index (χ1n) is 11.1. The summed E-state index contributed by atoms with van der Waals surface area (Å²) in [7, 11) is -2.98. The molecule has 0 bridgehead atoms. The zero-order valence-electron chi connectivity index (χ0n) is 17.6. The normalized spacial score (nSPS) is 27.4. The maximum Gasteiger partial charge on any atom is 0.237 e. The van der Waals surface area contributed by atoms with Gasteiger partial charge < -0.3 is 10.6 Å². The van der Waals surface area contributed by atoms with Gasteiger partial charge in [-0.3, -0.25) is 19.4 Å². The average molecular weight is 429 g/mol. The second-order valence-corrected chi connectivity index (χ2v) is 11.1. The molecule has 0 aromatic carbocycles. The molecule has 0 spiro atoms. The molecule has 8 nitrogen and oxygen atoms in total. The third kappa shape index (κ3) is 6.93. The van der Waals surface area contributed by atoms with E-state index in [1.165, 1.54) is 32.1 Å². The van der Waals surface area contributed by atoms with Gasteiger partial charge >= 0.3 is 0 Å². The molecule has 2 aliphatic heterocycles. The summed E-state index contributed by atoms with van der Waals surface area (Å²) in [6.07, 6.45) is 6.84. The van der Waals surface area contributed by atoms with Gasteiger partial charge in [-0.25, -0.2) is 8.42 Å². The number of sulfone groups is 1. The van der Waals surface area contributed by atoms with E-state index in [1.54, 1.807) is 0 Å². The highest BCUT2D eigenvalue weighted by Gasteiger charge is 2.30. The van der Waals surface area contributed by atoms with E-state index in [1.807, 2.05) is 6.92 Å². The quantitative estimate of drug-likeness (QED) is 0.592. The molecule has 0 aromatic heterocycles. The van der Waals surface area contributed by atoms with Crippen LogP contribution in [-0.2, 0) is 19.4 Å². The summed E-state index contributed by atoms with van der Waals surface area (Å²) >= 11 is 0. The van der Waals surface area contributed by atoms with E-state index < -0.39 is 9.84 Å². The first-order valence-corrected chi connectivity index (χ1v) is 12.9. The van der Waals surface area contributed by atoms with Crippen molar-refractivity contribution in [2.75, 3.05) is 50.8 Å². The van der Waals surface area contributed by atoms with Crippen LogP contribution in [0.15, 0.2) is 0 Å². The monoisotopic (exact) mass is 428 g/mol. The van der Waals surface area contributed by atoms with Gasteiger partial charge in [0.25, 0.3) is 0 Å². The second-order valence-electron chi connectivity index (χ2n) is 8.90. The van der Waals surface area contributed by atoms with Gasteiger partial charge in [-0.15, -0.1) is 0 Å². The van der Waals surface area contributed by atoms with Crippen molar-refractivity contribution in [3.63, 3.8) is 0 Å². The lowest BCUT2D eigenvalue weighted by atomic mass is 9.89. The number of nitrogens with one attached hydrogen (secondary N) is 2. The van der Waals surface area contributed by atoms with Crippen LogP contribution in [0.1, 0.15) is 45.4 Å². The Labute approximate surface area is 174 Å². The highest BCUT2D eigenvalue weighted by atomic mass is 32.2. The fraction of sp³-hybridized carbons (Fsp3) is 0.900. The van der Waals surface area contributed by atoms with Crippen LogP contribution in [0.3, 0.4) is 0 Å². The largest absolute Gasteiger partial charge is 0.354 e. The predicted octanol–water partition coefficient (Wildman–Crippen LogP) is -0.00770. The molecule has 29 heavy (non-hydrogen) atoms. The minimum atomic E-state index is -2.98. The number of carbonyl (C=O) groups excluding carboxylic acids is 2. The van der Waals surface area contributed by atoms with Crippen LogP contribution in [-0.4, -0.2) is 92.9 Å². The third-order valence-electron chi connectivity index (χ3n) is 6.59. The van der Waals surface area contributed by atoms with E-state index in [4.69, 9.17) is 0 Å². The Balaban J connectivity index is 1.33. The van der Waals surface area contributed by atoms with Crippen LogP contribution < -0.4 is 10.6 Å². The Kier molecular flexibility index (Phi) is 7.92. The summed E-state index contributed by atoms with van der Waals surface area (Å²) in [6.45, 7) is 6.01. The molecule has 166 valence electrons. The molecule has 3 aliphatic rings. The van der Waals surface area contributed by atoms with Crippen molar-refractivity contribution in [2.24, 2.45) is 5.92 Å². The van der Waals surface area contributed by atoms with Gasteiger partial charge in [0.15, 0.2) is 9.84 Å². The fourth-order valence-corrected chi connectivity index (χ4v) is 6.32. The van der Waals surface area contributed by atoms with Gasteiger partial charge in [0.05, 0.1) is 24.1 Å². The minimum Gasteiger partial charge on any atom is -0.354 e. The molecule has 9 heteroatoms. The number of rotatable bonds is 7. The molecule has 2 N–H and O–H groups in total. The zero-order chi connectivity index (χ0) is 20.9. The Morgan fingerprint density at radius 1 is 1.03 bits per heavy atom. The number of hydrogen-bond donors (Lipinski definition) is 2. The number of hydrogen-bond acceptors (Lipinski definition) is 6. The SMILES string of the molecule is C[C@@H](C(=O)NCC1CCCCC1)N1CCN(CC(=O)N[C@H]2CCS(=O)(=O)C2)CC1. The summed E-state index contributed by atoms with van der Waals surface area (Å²) in [5.74, 6) is 0.838. The van der Waals surface area contributed by atoms with Crippen LogP contribution in [0.2, 0.25) is 0 Å². The Morgan fingerprint density at radius 2 is 1.72 bits per heavy atom. The molecular weight excluding hydrogens is 392 g/mol. The maximum absolute atomic E-state index is 12.5. The Hall–Kier alpha value is -1.19. The number of nitrogens with zero attached hydrogens (tertiary/aromatic N) is 2. The van der Waals surface area contributed by atoms with Crippen molar-refractivity contribution in [3.05, 3.63) is 0 Å². The van der Waals surface area contributed by atoms with E-state index >= 15 is 0 Å². The summed E-state index contributed by atoms with van der Waals surface area (Å²) < 4.78 is 23.0. The second kappa shape index (κ2) is 10.2. The summed E-state index contributed by atoms with van der Waals surface area (Å²) in [5.41, 5.74) is 0. The summed E-state index contributed by atoms with van der Waals surface area (Å²) in [4.78, 5) is 29.0. The topological polar surface area (TPSA) is 98.8 Å². The smallest absolute Gasteiger partial charge is 0.237 e. The van der Waals surface area contributed by atoms with Crippen LogP contribution in [0, 0.1) is 5.92 Å². The third-order valence-corrected chi connectivity index (χ3v) is 8.36. The standard InChI is InChI=1S/C20H36N4O4S/c1-16(20(26)21-13-17-5-3-2-4-6-17)24-10-8-23(9-11-24)14-19(25)22-18-7-12-29(27,28)15-18/h16-18H,2-15H2,1H3,(H,21,26)(H,22,25)/t16-,18-/m0/s1. The number of amides is 2. The summed E-state index contributed by atoms with van der Waals surface area (Å²) in [6, 6.07) is -0.403. The average Bonchev–Trinajstić information content (AvgIpc) is 3.05. The highest BCUT2D eigenvalue weighted by molar-refractivity contribution is 7.91. The van der Waals surface area contributed by atoms with Crippen molar-refractivity contribution in [1.82, 2.24) is 20.4 Å². The van der Waals surface area contributed by atoms with E-state index in [9.17, 15) is 18.0 Å². The van der Waals surface area contributed by atoms with Crippen molar-refractivity contribution in [3.8, 4) is 0 Å². The number of carbonyl (C=O) groups is 2. The van der Waals surface area contributed by atoms with Gasteiger partial charge in [0.2, 0.25) is 11.8 Å². The van der Waals surface area contributed by atoms with E-state index in [0.29, 0.717) is 12.3 Å². The van der Waals surface area contributed by atoms with E-state index in [-0.39, 0.29) is 41.9 Å². The molecule has 0 unspecified atom stereocenters. The van der Waals surface area contributed by atoms with Crippen molar-refractivity contribution in [1.29, 1.82) is 0 Å². The van der Waals surface area contributed by atoms with Crippen molar-refractivity contribution < 1.29 is 18.0 Å². The van der Waals surface area contributed by atoms with Crippen molar-refractivity contribution >= 4 is 21.7 Å². The predicted molar refractivity (Wildman–Crippen MR) is 112 cm³/mol. The first kappa shape index (κ1) is 22.5. The summed E-state index contributed by atoms with van der Waals surface area (Å²) in [5, 5.41) is 5.98. The van der Waals surface area contributed by atoms with Crippen LogP contribution in [0.25, 0.3) is 0 Å². The molecule has 2 heterocycles. The molecule has 3 rings (SSSR count). The van der Waals surface area contributed by atoms with Crippen LogP contribution in [0.4, 0.5) is 0 Å². The molecule has 1 aliphatic carbocycles. The molecule has 0 aromatic rings. The molecular formula is C20H36N4O4S. The zero-order valence-corrected chi connectivity index (χ0v) is 18.4. The Bertz CT molecular complexity index is 670. The molecule has 2 amide bonds. The van der Waals surface area contributed by atoms with Gasteiger partial charge in [0.1, 0.15) is 0 Å². The lowest BCUT2D eigenvalue weighted by Gasteiger charge is -2.37. The lowest BCUT2D eigenvalue weighted by Crippen LogP contribution is -2.55. The molecule has 2 atom stereocenters. The minimum absolute atomic E-state index is 0.0556. The highest BCUT2D eigenvalue weighted by Crippen LogP contribution is 2.22. The van der Waals surface area contributed by atoms with E-state index in [2.05, 4.69) is 20.4 Å². The van der Waals surface area contributed by atoms with Gasteiger partial charge in [-0.2, -0.15) is 0 Å². The molecule has 1 saturated carbocycles. The first-order chi connectivity index (χ1) is 13.8. The van der Waals surface area contributed by atoms with Crippen LogP contribution >= 0.6 is 0 Å². The Morgan fingerprint density at radius 3 is 2.34 bits per heavy atom. The fourth-order valence-electron chi connectivity index (χ4n) is 4.64. The molecule has 3 fully saturated rings. The van der Waals surface area contributed by atoms with Crippen LogP contribution in [0.5, 0.6) is 0 Å². The van der Waals surface area contributed by atoms with Gasteiger partial charge in [-0.1, -0.05) is 19.3 Å². The maximum atomic E-state index is 12.5. The van der Waals surface area contributed by atoms with Gasteiger partial charge in [-0.05, 0) is 32.1 Å². The lowest BCUT2D eigenvalue weighted by molar-refractivity contribution is -0.128. The van der Waals surface area contributed by atoms with Gasteiger partial charge in [0, 0.05) is 38.8 Å². The number of piperazine rings is 1. The van der Waals surface area contributed by atoms with E-state index in [0.717, 1.165) is 32.7 Å².